The molecule has 0 radical (unpaired) electrons. The fraction of sp³-hybridized carbons (Fsp3) is 0.231. The summed E-state index contributed by atoms with van der Waals surface area (Å²) in [5, 5.41) is 0. The van der Waals surface area contributed by atoms with Crippen LogP contribution in [0.2, 0.25) is 0 Å². The van der Waals surface area contributed by atoms with Gasteiger partial charge in [-0.1, -0.05) is 88.0 Å². The molecule has 3 aromatic heterocycles. The maximum absolute atomic E-state index is 6.65. The van der Waals surface area contributed by atoms with E-state index in [1.54, 1.807) is 18.8 Å². The van der Waals surface area contributed by atoms with Crippen molar-refractivity contribution in [3.63, 3.8) is 0 Å². The van der Waals surface area contributed by atoms with Crippen LogP contribution in [0, 0.1) is 41.5 Å². The molecule has 0 N–H and O–H groups in total. The van der Waals surface area contributed by atoms with Crippen LogP contribution in [0.15, 0.2) is 105 Å². The summed E-state index contributed by atoms with van der Waals surface area (Å²) in [6.45, 7) is 12.7. The molecule has 1 aliphatic heterocycles. The van der Waals surface area contributed by atoms with E-state index in [9.17, 15) is 0 Å². The van der Waals surface area contributed by atoms with Gasteiger partial charge in [-0.3, -0.25) is 0 Å². The van der Waals surface area contributed by atoms with Gasteiger partial charge in [0.2, 0.25) is 0 Å². The van der Waals surface area contributed by atoms with E-state index in [2.05, 4.69) is 96.1 Å². The van der Waals surface area contributed by atoms with E-state index in [1.807, 2.05) is 18.2 Å². The Morgan fingerprint density at radius 3 is 0.875 bits per heavy atom. The molecule has 4 heterocycles. The maximum atomic E-state index is 6.65. The van der Waals surface area contributed by atoms with Crippen molar-refractivity contribution in [2.75, 3.05) is 0 Å². The molecule has 6 nitrogen and oxygen atoms in total. The molecule has 6 aromatic rings. The van der Waals surface area contributed by atoms with E-state index in [0.717, 1.165) is 33.7 Å². The highest BCUT2D eigenvalue weighted by Crippen LogP contribution is 2.21. The van der Waals surface area contributed by atoms with Gasteiger partial charge >= 0.3 is 21.4 Å². The molecule has 3 aromatic carbocycles. The molecule has 1 saturated heterocycles. The fourth-order valence-corrected chi connectivity index (χ4v) is 7.05. The van der Waals surface area contributed by atoms with Gasteiger partial charge in [0.15, 0.2) is 0 Å². The predicted molar refractivity (Wildman–Crippen MR) is 192 cm³/mol. The van der Waals surface area contributed by atoms with E-state index in [4.69, 9.17) is 27.0 Å². The monoisotopic (exact) mass is 636 g/mol. The number of hydrogen-bond acceptors (Lipinski definition) is 6. The van der Waals surface area contributed by atoms with Gasteiger partial charge in [0.1, 0.15) is 17.3 Å². The van der Waals surface area contributed by atoms with Crippen molar-refractivity contribution in [3.8, 4) is 0 Å². The van der Waals surface area contributed by atoms with Gasteiger partial charge in [-0.05, 0) is 76.4 Å². The van der Waals surface area contributed by atoms with Gasteiger partial charge in [-0.2, -0.15) is 0 Å². The summed E-state index contributed by atoms with van der Waals surface area (Å²) < 4.78 is 38.1. The molecular formula is C39H39B3O6. The van der Waals surface area contributed by atoms with Gasteiger partial charge in [-0.15, -0.1) is 0 Å². The van der Waals surface area contributed by atoms with Crippen LogP contribution in [-0.4, -0.2) is 21.4 Å². The summed E-state index contributed by atoms with van der Waals surface area (Å²) in [7, 11) is -2.29. The lowest BCUT2D eigenvalue weighted by Gasteiger charge is -2.31. The largest absolute Gasteiger partial charge is 0.470 e. The highest BCUT2D eigenvalue weighted by atomic mass is 16.7. The summed E-state index contributed by atoms with van der Waals surface area (Å²) in [4.78, 5) is 0. The van der Waals surface area contributed by atoms with Crippen LogP contribution in [0.4, 0.5) is 0 Å². The Bertz CT molecular complexity index is 1760. The summed E-state index contributed by atoms with van der Waals surface area (Å²) in [6, 6.07) is 25.4. The maximum Gasteiger partial charge on any atom is 0.470 e. The highest BCUT2D eigenvalue weighted by molar-refractivity contribution is 6.87. The minimum absolute atomic E-state index is 0.609. The summed E-state index contributed by atoms with van der Waals surface area (Å²) in [6.07, 6.45) is 6.93. The van der Waals surface area contributed by atoms with E-state index >= 15 is 0 Å². The Kier molecular flexibility index (Phi) is 9.10. The van der Waals surface area contributed by atoms with Crippen molar-refractivity contribution in [2.24, 2.45) is 0 Å². The van der Waals surface area contributed by atoms with Crippen LogP contribution in [0.25, 0.3) is 0 Å². The van der Waals surface area contributed by atoms with Crippen molar-refractivity contribution in [1.82, 2.24) is 0 Å². The third kappa shape index (κ3) is 7.19. The molecule has 0 spiro atoms. The Morgan fingerprint density at radius 2 is 0.625 bits per heavy atom. The van der Waals surface area contributed by atoms with E-state index in [-0.39, 0.29) is 0 Å². The molecule has 0 saturated carbocycles. The smallest absolute Gasteiger partial charge is 0.469 e. The molecule has 1 aliphatic rings. The average Bonchev–Trinajstić information content (AvgIpc) is 3.77. The van der Waals surface area contributed by atoms with Crippen LogP contribution in [-0.2, 0) is 33.0 Å². The topological polar surface area (TPSA) is 67.1 Å². The molecule has 0 unspecified atom stereocenters. The number of hydrogen-bond donors (Lipinski definition) is 0. The zero-order valence-electron chi connectivity index (χ0n) is 28.5. The van der Waals surface area contributed by atoms with Crippen molar-refractivity contribution in [1.29, 1.82) is 0 Å². The second kappa shape index (κ2) is 13.6. The summed E-state index contributed by atoms with van der Waals surface area (Å²) in [5.41, 5.74) is 13.2. The molecule has 240 valence electrons. The van der Waals surface area contributed by atoms with E-state index in [1.165, 1.54) is 50.1 Å². The Morgan fingerprint density at radius 1 is 0.375 bits per heavy atom. The number of furan rings is 3. The number of rotatable bonds is 9. The van der Waals surface area contributed by atoms with Crippen LogP contribution < -0.4 is 16.4 Å². The minimum Gasteiger partial charge on any atom is -0.469 e. The molecule has 9 heteroatoms. The summed E-state index contributed by atoms with van der Waals surface area (Å²) >= 11 is 0. The second-order valence-corrected chi connectivity index (χ2v) is 13.3. The van der Waals surface area contributed by atoms with Crippen molar-refractivity contribution in [2.45, 2.75) is 60.8 Å². The third-order valence-corrected chi connectivity index (χ3v) is 8.78. The van der Waals surface area contributed by atoms with Crippen LogP contribution in [0.1, 0.15) is 67.4 Å². The zero-order chi connectivity index (χ0) is 33.4. The normalized spacial score (nSPS) is 13.5. The van der Waals surface area contributed by atoms with Gasteiger partial charge in [0, 0.05) is 35.7 Å². The molecule has 0 bridgehead atoms. The Hall–Kier alpha value is -4.43. The Labute approximate surface area is 283 Å². The number of benzene rings is 3. The van der Waals surface area contributed by atoms with Gasteiger partial charge in [0.05, 0.1) is 18.8 Å². The second-order valence-electron chi connectivity index (χ2n) is 13.3. The van der Waals surface area contributed by atoms with Crippen molar-refractivity contribution < 1.29 is 27.0 Å². The van der Waals surface area contributed by atoms with Crippen LogP contribution in [0.5, 0.6) is 0 Å². The molecule has 0 atom stereocenters. The van der Waals surface area contributed by atoms with Gasteiger partial charge < -0.3 is 27.0 Å². The Balaban J connectivity index is 1.23. The quantitative estimate of drug-likeness (QED) is 0.166. The molecule has 48 heavy (non-hydrogen) atoms. The first-order valence-electron chi connectivity index (χ1n) is 16.5. The van der Waals surface area contributed by atoms with E-state index < -0.39 is 21.4 Å². The first-order valence-corrected chi connectivity index (χ1v) is 16.5. The minimum atomic E-state index is -0.763. The first kappa shape index (κ1) is 32.1. The zero-order valence-corrected chi connectivity index (χ0v) is 28.5. The predicted octanol–water partition coefficient (Wildman–Crippen LogP) is 6.64. The molecule has 1 fully saturated rings. The van der Waals surface area contributed by atoms with Gasteiger partial charge in [-0.25, -0.2) is 0 Å². The van der Waals surface area contributed by atoms with Crippen LogP contribution >= 0.6 is 0 Å². The SMILES string of the molecule is Cc1cc(C)cc(Cc2occc2B2OB(c3ccoc3Cc3cc(C)cc(C)c3)OB(c3ccoc3Cc3cc(C)cc(C)c3)O2)c1. The van der Waals surface area contributed by atoms with Gasteiger partial charge in [0.25, 0.3) is 0 Å². The molecular weight excluding hydrogens is 597 g/mol. The molecule has 7 rings (SSSR count). The molecule has 0 amide bonds. The van der Waals surface area contributed by atoms with Crippen molar-refractivity contribution >= 4 is 37.7 Å². The lowest BCUT2D eigenvalue weighted by molar-refractivity contribution is 0.307. The summed E-state index contributed by atoms with van der Waals surface area (Å²) in [5.74, 6) is 2.36. The number of aryl methyl sites for hydroxylation is 6. The fourth-order valence-electron chi connectivity index (χ4n) is 7.05. The average molecular weight is 636 g/mol. The standard InChI is InChI=1S/C39H39B3O6/c1-25-13-26(2)17-31(16-25)22-37-34(7-10-43-37)40-46-41(35-8-11-44-38(35)23-32-18-27(3)14-28(4)19-32)48-42(47-40)36-9-12-45-39(36)24-33-20-29(5)15-30(6)21-33/h7-21H,22-24H2,1-6H3. The molecule has 0 aliphatic carbocycles. The lowest BCUT2D eigenvalue weighted by atomic mass is 9.61. The van der Waals surface area contributed by atoms with E-state index in [0.29, 0.717) is 19.3 Å². The third-order valence-electron chi connectivity index (χ3n) is 8.78. The first-order chi connectivity index (χ1) is 23.2. The lowest BCUT2D eigenvalue weighted by Crippen LogP contribution is -2.62. The van der Waals surface area contributed by atoms with Crippen LogP contribution in [0.3, 0.4) is 0 Å². The highest BCUT2D eigenvalue weighted by Gasteiger charge is 2.47. The van der Waals surface area contributed by atoms with Crippen molar-refractivity contribution in [3.05, 3.63) is 159 Å².